The molecule has 30 heavy (non-hydrogen) atoms. The molecule has 0 aliphatic carbocycles. The highest BCUT2D eigenvalue weighted by Crippen LogP contribution is 2.32. The first-order chi connectivity index (χ1) is 14.5. The van der Waals surface area contributed by atoms with Crippen LogP contribution in [0, 0.1) is 0 Å². The van der Waals surface area contributed by atoms with Gasteiger partial charge in [0, 0.05) is 17.7 Å². The van der Waals surface area contributed by atoms with E-state index in [1.807, 2.05) is 13.0 Å². The van der Waals surface area contributed by atoms with Crippen molar-refractivity contribution in [2.45, 2.75) is 32.3 Å². The minimum absolute atomic E-state index is 0.149. The first-order valence-electron chi connectivity index (χ1n) is 9.72. The molecule has 1 heterocycles. The van der Waals surface area contributed by atoms with Gasteiger partial charge in [-0.3, -0.25) is 10.1 Å². The third-order valence-corrected chi connectivity index (χ3v) is 4.78. The average molecular weight is 429 g/mol. The second-order valence-electron chi connectivity index (χ2n) is 6.79. The number of hydrogen-bond acceptors (Lipinski definition) is 6. The van der Waals surface area contributed by atoms with Crippen LogP contribution in [-0.2, 0) is 16.0 Å². The van der Waals surface area contributed by atoms with Crippen molar-refractivity contribution in [1.29, 1.82) is 0 Å². The smallest absolute Gasteiger partial charge is 0.338 e. The number of amides is 1. The Morgan fingerprint density at radius 2 is 1.97 bits per heavy atom. The molecule has 2 aromatic rings. The van der Waals surface area contributed by atoms with Crippen LogP contribution in [-0.4, -0.2) is 36.8 Å². The van der Waals surface area contributed by atoms with Crippen LogP contribution in [0.2, 0.25) is 0 Å². The molecule has 0 saturated carbocycles. The van der Waals surface area contributed by atoms with Gasteiger partial charge in [0.1, 0.15) is 11.5 Å². The Balaban J connectivity index is 1.49. The van der Waals surface area contributed by atoms with Gasteiger partial charge in [0.2, 0.25) is 0 Å². The molecule has 0 radical (unpaired) electrons. The average Bonchev–Trinajstić information content (AvgIpc) is 3.17. The molecule has 0 fully saturated rings. The van der Waals surface area contributed by atoms with Gasteiger partial charge in [-0.15, -0.1) is 0 Å². The molecule has 158 valence electrons. The van der Waals surface area contributed by atoms with Crippen LogP contribution >= 0.6 is 12.2 Å². The fourth-order valence-corrected chi connectivity index (χ4v) is 3.15. The van der Waals surface area contributed by atoms with Crippen molar-refractivity contribution in [1.82, 2.24) is 5.32 Å². The van der Waals surface area contributed by atoms with Gasteiger partial charge in [-0.1, -0.05) is 13.3 Å². The van der Waals surface area contributed by atoms with Crippen LogP contribution in [0.5, 0.6) is 11.5 Å². The number of fused-ring (bicyclic) bond motifs is 1. The Labute approximate surface area is 180 Å². The van der Waals surface area contributed by atoms with E-state index in [9.17, 15) is 9.59 Å². The molecule has 1 aliphatic heterocycles. The molecule has 1 aliphatic rings. The number of carbonyl (C=O) groups excluding carboxylic acids is 2. The highest BCUT2D eigenvalue weighted by atomic mass is 32.1. The molecule has 8 heteroatoms. The van der Waals surface area contributed by atoms with E-state index in [1.165, 1.54) is 0 Å². The lowest BCUT2D eigenvalue weighted by Crippen LogP contribution is -2.42. The van der Waals surface area contributed by atoms with Crippen molar-refractivity contribution in [2.75, 3.05) is 19.0 Å². The van der Waals surface area contributed by atoms with Crippen LogP contribution in [0.25, 0.3) is 0 Å². The van der Waals surface area contributed by atoms with Crippen molar-refractivity contribution in [3.63, 3.8) is 0 Å². The van der Waals surface area contributed by atoms with Crippen LogP contribution in [0.3, 0.4) is 0 Å². The van der Waals surface area contributed by atoms with Gasteiger partial charge in [-0.25, -0.2) is 4.79 Å². The summed E-state index contributed by atoms with van der Waals surface area (Å²) < 4.78 is 16.1. The van der Waals surface area contributed by atoms with Gasteiger partial charge in [0.05, 0.1) is 19.3 Å². The Morgan fingerprint density at radius 1 is 1.20 bits per heavy atom. The van der Waals surface area contributed by atoms with Crippen LogP contribution < -0.4 is 20.1 Å². The number of carbonyl (C=O) groups is 2. The number of unbranched alkanes of at least 4 members (excludes halogenated alkanes) is 1. The summed E-state index contributed by atoms with van der Waals surface area (Å²) in [6.07, 6.45) is 1.58. The maximum atomic E-state index is 12.5. The second kappa shape index (κ2) is 10.1. The fraction of sp³-hybridized carbons (Fsp3) is 0.318. The van der Waals surface area contributed by atoms with E-state index in [4.69, 9.17) is 26.4 Å². The molecule has 2 aromatic carbocycles. The van der Waals surface area contributed by atoms with Gasteiger partial charge in [0.15, 0.2) is 11.2 Å². The first kappa shape index (κ1) is 21.6. The number of methoxy groups -OCH3 is 1. The minimum atomic E-state index is -0.660. The Kier molecular flexibility index (Phi) is 7.24. The topological polar surface area (TPSA) is 85.9 Å². The maximum absolute atomic E-state index is 12.5. The zero-order chi connectivity index (χ0) is 21.5. The lowest BCUT2D eigenvalue weighted by molar-refractivity contribution is -0.125. The molecule has 0 spiro atoms. The van der Waals surface area contributed by atoms with Crippen LogP contribution in [0.4, 0.5) is 5.69 Å². The van der Waals surface area contributed by atoms with Gasteiger partial charge >= 0.3 is 5.97 Å². The fourth-order valence-electron chi connectivity index (χ4n) is 2.94. The van der Waals surface area contributed by atoms with Crippen molar-refractivity contribution in [3.05, 3.63) is 53.6 Å². The predicted molar refractivity (Wildman–Crippen MR) is 117 cm³/mol. The van der Waals surface area contributed by atoms with Gasteiger partial charge < -0.3 is 19.5 Å². The van der Waals surface area contributed by atoms with Crippen LogP contribution in [0.15, 0.2) is 42.5 Å². The van der Waals surface area contributed by atoms with E-state index in [0.717, 1.165) is 18.4 Å². The third-order valence-electron chi connectivity index (χ3n) is 4.58. The van der Waals surface area contributed by atoms with E-state index in [2.05, 4.69) is 10.6 Å². The largest absolute Gasteiger partial charge is 0.497 e. The predicted octanol–water partition coefficient (Wildman–Crippen LogP) is 3.47. The number of rotatable bonds is 7. The summed E-state index contributed by atoms with van der Waals surface area (Å²) in [7, 11) is 1.59. The number of thiocarbonyl (C=S) groups is 1. The molecule has 0 bridgehead atoms. The van der Waals surface area contributed by atoms with Gasteiger partial charge in [0.25, 0.3) is 5.91 Å². The number of esters is 1. The quantitative estimate of drug-likeness (QED) is 0.397. The number of ether oxygens (including phenoxy) is 3. The number of nitrogens with one attached hydrogen (secondary N) is 2. The van der Waals surface area contributed by atoms with E-state index < -0.39 is 6.10 Å². The lowest BCUT2D eigenvalue weighted by atomic mass is 10.1. The Hall–Kier alpha value is -3.13. The monoisotopic (exact) mass is 428 g/mol. The van der Waals surface area contributed by atoms with Gasteiger partial charge in [-0.2, -0.15) is 0 Å². The normalized spacial score (nSPS) is 14.3. The SMILES string of the molecule is CCCCOC(=O)c1ccc(NC(=S)NC(=O)C2Cc3cc(OC)ccc3O2)cc1. The summed E-state index contributed by atoms with van der Waals surface area (Å²) in [4.78, 5) is 24.4. The van der Waals surface area contributed by atoms with Crippen molar-refractivity contribution in [2.24, 2.45) is 0 Å². The molecule has 1 amide bonds. The number of anilines is 1. The molecule has 0 aromatic heterocycles. The van der Waals surface area contributed by atoms with E-state index in [1.54, 1.807) is 43.5 Å². The Bertz CT molecular complexity index is 930. The summed E-state index contributed by atoms with van der Waals surface area (Å²) in [6, 6.07) is 12.1. The molecular formula is C22H24N2O5S. The van der Waals surface area contributed by atoms with Crippen molar-refractivity contribution < 1.29 is 23.8 Å². The second-order valence-corrected chi connectivity index (χ2v) is 7.20. The van der Waals surface area contributed by atoms with E-state index >= 15 is 0 Å². The molecule has 0 saturated heterocycles. The molecule has 1 unspecified atom stereocenters. The third kappa shape index (κ3) is 5.48. The first-order valence-corrected chi connectivity index (χ1v) is 10.1. The number of benzene rings is 2. The molecule has 3 rings (SSSR count). The maximum Gasteiger partial charge on any atom is 0.338 e. The van der Waals surface area contributed by atoms with Gasteiger partial charge in [-0.05, 0) is 61.1 Å². The molecule has 1 atom stereocenters. The van der Waals surface area contributed by atoms with Crippen LogP contribution in [0.1, 0.15) is 35.7 Å². The summed E-state index contributed by atoms with van der Waals surface area (Å²) in [5, 5.41) is 5.71. The summed E-state index contributed by atoms with van der Waals surface area (Å²) in [5.74, 6) is 0.684. The summed E-state index contributed by atoms with van der Waals surface area (Å²) in [5.41, 5.74) is 2.01. The zero-order valence-electron chi connectivity index (χ0n) is 16.9. The molecule has 2 N–H and O–H groups in total. The highest BCUT2D eigenvalue weighted by molar-refractivity contribution is 7.80. The zero-order valence-corrected chi connectivity index (χ0v) is 17.7. The minimum Gasteiger partial charge on any atom is -0.497 e. The Morgan fingerprint density at radius 3 is 2.67 bits per heavy atom. The van der Waals surface area contributed by atoms with E-state index in [-0.39, 0.29) is 17.0 Å². The lowest BCUT2D eigenvalue weighted by Gasteiger charge is -2.13. The van der Waals surface area contributed by atoms with E-state index in [0.29, 0.717) is 35.8 Å². The highest BCUT2D eigenvalue weighted by Gasteiger charge is 2.30. The molecule has 7 nitrogen and oxygen atoms in total. The molecular weight excluding hydrogens is 404 g/mol. The standard InChI is InChI=1S/C22H24N2O5S/c1-3-4-11-28-21(26)14-5-7-16(8-6-14)23-22(30)24-20(25)19-13-15-12-17(27-2)9-10-18(15)29-19/h5-10,12,19H,3-4,11,13H2,1-2H3,(H2,23,24,25,30). The van der Waals surface area contributed by atoms with Crippen molar-refractivity contribution >= 4 is 34.9 Å². The van der Waals surface area contributed by atoms with Crippen molar-refractivity contribution in [3.8, 4) is 11.5 Å². The summed E-state index contributed by atoms with van der Waals surface area (Å²) >= 11 is 5.22. The number of hydrogen-bond donors (Lipinski definition) is 2. The summed E-state index contributed by atoms with van der Waals surface area (Å²) in [6.45, 7) is 2.44.